The summed E-state index contributed by atoms with van der Waals surface area (Å²) in [7, 11) is 0. The third-order valence-electron chi connectivity index (χ3n) is 6.13. The molecule has 3 unspecified atom stereocenters. The maximum absolute atomic E-state index is 13.0. The number of hydrogen-bond acceptors (Lipinski definition) is 4. The molecule has 32 heavy (non-hydrogen) atoms. The Bertz CT molecular complexity index is 1070. The molecule has 1 saturated heterocycles. The summed E-state index contributed by atoms with van der Waals surface area (Å²) in [6.07, 6.45) is 4.37. The number of nitriles is 1. The first kappa shape index (κ1) is 22.2. The van der Waals surface area contributed by atoms with Crippen molar-refractivity contribution < 1.29 is 14.4 Å². The maximum Gasteiger partial charge on any atom is 0.268 e. The lowest BCUT2D eigenvalue weighted by molar-refractivity contribution is -0.128. The van der Waals surface area contributed by atoms with Crippen molar-refractivity contribution in [2.75, 3.05) is 6.54 Å². The molecular weight excluding hydrogens is 430 g/mol. The van der Waals surface area contributed by atoms with Gasteiger partial charge in [0.05, 0.1) is 16.6 Å². The second kappa shape index (κ2) is 9.61. The molecule has 3 atom stereocenters. The molecule has 1 aliphatic heterocycles. The number of piperidine rings is 1. The van der Waals surface area contributed by atoms with Crippen LogP contribution in [0.3, 0.4) is 0 Å². The molecule has 1 saturated carbocycles. The topological polar surface area (TPSA) is 127 Å². The summed E-state index contributed by atoms with van der Waals surface area (Å²) < 4.78 is 0. The summed E-state index contributed by atoms with van der Waals surface area (Å²) in [5.74, 6) is -0.791. The summed E-state index contributed by atoms with van der Waals surface area (Å²) in [5.41, 5.74) is 0.982. The van der Waals surface area contributed by atoms with E-state index in [0.29, 0.717) is 41.5 Å². The smallest absolute Gasteiger partial charge is 0.268 e. The van der Waals surface area contributed by atoms with Gasteiger partial charge in [-0.1, -0.05) is 36.6 Å². The monoisotopic (exact) mass is 455 g/mol. The average Bonchev–Trinajstić information content (AvgIpc) is 3.48. The number of hydrogen-bond donors (Lipinski definition) is 4. The van der Waals surface area contributed by atoms with E-state index in [1.54, 1.807) is 18.2 Å². The molecule has 4 N–H and O–H groups in total. The molecule has 9 heteroatoms. The van der Waals surface area contributed by atoms with Crippen molar-refractivity contribution in [2.24, 2.45) is 11.8 Å². The number of benzene rings is 1. The van der Waals surface area contributed by atoms with Gasteiger partial charge in [0.1, 0.15) is 17.8 Å². The highest BCUT2D eigenvalue weighted by atomic mass is 35.5. The summed E-state index contributed by atoms with van der Waals surface area (Å²) in [6, 6.07) is 7.63. The Morgan fingerprint density at radius 1 is 1.22 bits per heavy atom. The standard InChI is InChI=1S/C23H26ClN5O3/c24-17-5-1-3-14-11-19(28-20(14)17)23(32)29-18(9-13-6-7-13)22(31)27-16(12-25)10-15-4-2-8-26-21(15)30/h1,3,5,11,13,15-16,18,28H,2,4,6-10H2,(H,26,30)(H,27,31)(H,29,32). The minimum Gasteiger partial charge on any atom is -0.356 e. The molecule has 1 aliphatic carbocycles. The van der Waals surface area contributed by atoms with E-state index in [9.17, 15) is 19.6 Å². The first-order valence-corrected chi connectivity index (χ1v) is 11.4. The minimum atomic E-state index is -0.790. The van der Waals surface area contributed by atoms with Crippen molar-refractivity contribution in [2.45, 2.75) is 50.6 Å². The van der Waals surface area contributed by atoms with Crippen LogP contribution in [0.5, 0.6) is 0 Å². The Morgan fingerprint density at radius 2 is 2.03 bits per heavy atom. The number of H-pyrrole nitrogens is 1. The lowest BCUT2D eigenvalue weighted by atomic mass is 9.92. The van der Waals surface area contributed by atoms with Crippen LogP contribution in [0, 0.1) is 23.2 Å². The van der Waals surface area contributed by atoms with Crippen molar-refractivity contribution in [1.29, 1.82) is 5.26 Å². The highest BCUT2D eigenvalue weighted by Crippen LogP contribution is 2.33. The second-order valence-corrected chi connectivity index (χ2v) is 9.06. The van der Waals surface area contributed by atoms with Crippen LogP contribution in [-0.2, 0) is 9.59 Å². The van der Waals surface area contributed by atoms with Gasteiger partial charge in [-0.25, -0.2) is 0 Å². The van der Waals surface area contributed by atoms with Gasteiger partial charge >= 0.3 is 0 Å². The number of halogens is 1. The Hall–Kier alpha value is -3.05. The Morgan fingerprint density at radius 3 is 2.72 bits per heavy atom. The number of amides is 3. The van der Waals surface area contributed by atoms with Crippen LogP contribution in [-0.4, -0.2) is 41.3 Å². The predicted octanol–water partition coefficient (Wildman–Crippen LogP) is 2.64. The van der Waals surface area contributed by atoms with E-state index in [0.717, 1.165) is 24.6 Å². The van der Waals surface area contributed by atoms with Crippen LogP contribution in [0.1, 0.15) is 49.0 Å². The van der Waals surface area contributed by atoms with Crippen molar-refractivity contribution in [3.63, 3.8) is 0 Å². The maximum atomic E-state index is 13.0. The molecule has 0 bridgehead atoms. The van der Waals surface area contributed by atoms with Gasteiger partial charge in [0.15, 0.2) is 0 Å². The fourth-order valence-corrected chi connectivity index (χ4v) is 4.39. The van der Waals surface area contributed by atoms with Crippen molar-refractivity contribution in [1.82, 2.24) is 20.9 Å². The predicted molar refractivity (Wildman–Crippen MR) is 120 cm³/mol. The lowest BCUT2D eigenvalue weighted by Crippen LogP contribution is -2.50. The Balaban J connectivity index is 1.42. The van der Waals surface area contributed by atoms with Crippen LogP contribution in [0.2, 0.25) is 5.02 Å². The van der Waals surface area contributed by atoms with E-state index < -0.39 is 23.9 Å². The van der Waals surface area contributed by atoms with Crippen LogP contribution < -0.4 is 16.0 Å². The molecule has 0 spiro atoms. The molecule has 2 aliphatic rings. The normalized spacial score (nSPS) is 20.1. The zero-order valence-corrected chi connectivity index (χ0v) is 18.4. The summed E-state index contributed by atoms with van der Waals surface area (Å²) in [5, 5.41) is 19.2. The number of rotatable bonds is 8. The van der Waals surface area contributed by atoms with Gasteiger partial charge in [-0.05, 0) is 43.7 Å². The van der Waals surface area contributed by atoms with E-state index in [1.165, 1.54) is 0 Å². The quantitative estimate of drug-likeness (QED) is 0.488. The Labute approximate surface area is 191 Å². The molecule has 1 aromatic heterocycles. The SMILES string of the molecule is N#CC(CC1CCCNC1=O)NC(=O)C(CC1CC1)NC(=O)c1cc2cccc(Cl)c2[nH]1. The molecule has 0 radical (unpaired) electrons. The first-order chi connectivity index (χ1) is 15.4. The molecule has 2 heterocycles. The zero-order valence-electron chi connectivity index (χ0n) is 17.6. The summed E-state index contributed by atoms with van der Waals surface area (Å²) >= 11 is 6.19. The number of nitrogens with zero attached hydrogens (tertiary/aromatic N) is 1. The van der Waals surface area contributed by atoms with Crippen LogP contribution in [0.4, 0.5) is 0 Å². The molecule has 168 valence electrons. The van der Waals surface area contributed by atoms with Crippen molar-refractivity contribution in [3.05, 3.63) is 35.0 Å². The molecule has 4 rings (SSSR count). The fraction of sp³-hybridized carbons (Fsp3) is 0.478. The van der Waals surface area contributed by atoms with Gasteiger partial charge in [-0.15, -0.1) is 0 Å². The number of carbonyl (C=O) groups is 3. The van der Waals surface area contributed by atoms with Gasteiger partial charge in [0.25, 0.3) is 5.91 Å². The van der Waals surface area contributed by atoms with E-state index in [4.69, 9.17) is 11.6 Å². The van der Waals surface area contributed by atoms with Gasteiger partial charge in [-0.2, -0.15) is 5.26 Å². The van der Waals surface area contributed by atoms with Gasteiger partial charge in [0, 0.05) is 17.8 Å². The third-order valence-corrected chi connectivity index (χ3v) is 6.44. The van der Waals surface area contributed by atoms with Crippen LogP contribution >= 0.6 is 11.6 Å². The Kier molecular flexibility index (Phi) is 6.66. The largest absolute Gasteiger partial charge is 0.356 e. The molecular formula is C23H26ClN5O3. The summed E-state index contributed by atoms with van der Waals surface area (Å²) in [4.78, 5) is 40.9. The van der Waals surface area contributed by atoms with E-state index in [2.05, 4.69) is 27.0 Å². The number of aromatic nitrogens is 1. The first-order valence-electron chi connectivity index (χ1n) is 11.0. The minimum absolute atomic E-state index is 0.0777. The van der Waals surface area contributed by atoms with E-state index in [1.807, 2.05) is 6.07 Å². The van der Waals surface area contributed by atoms with Crippen LogP contribution in [0.25, 0.3) is 10.9 Å². The number of carbonyl (C=O) groups excluding carboxylic acids is 3. The average molecular weight is 456 g/mol. The fourth-order valence-electron chi connectivity index (χ4n) is 4.16. The zero-order chi connectivity index (χ0) is 22.7. The molecule has 2 fully saturated rings. The number of fused-ring (bicyclic) bond motifs is 1. The molecule has 3 amide bonds. The van der Waals surface area contributed by atoms with Crippen LogP contribution in [0.15, 0.2) is 24.3 Å². The molecule has 1 aromatic carbocycles. The number of nitrogens with one attached hydrogen (secondary N) is 4. The van der Waals surface area contributed by atoms with Crippen molar-refractivity contribution in [3.8, 4) is 6.07 Å². The summed E-state index contributed by atoms with van der Waals surface area (Å²) in [6.45, 7) is 0.646. The third kappa shape index (κ3) is 5.22. The van der Waals surface area contributed by atoms with Gasteiger partial charge < -0.3 is 20.9 Å². The van der Waals surface area contributed by atoms with Gasteiger partial charge in [-0.3, -0.25) is 14.4 Å². The van der Waals surface area contributed by atoms with Crippen molar-refractivity contribution >= 4 is 40.2 Å². The van der Waals surface area contributed by atoms with E-state index in [-0.39, 0.29) is 18.2 Å². The second-order valence-electron chi connectivity index (χ2n) is 8.65. The van der Waals surface area contributed by atoms with E-state index >= 15 is 0 Å². The lowest BCUT2D eigenvalue weighted by Gasteiger charge is -2.25. The number of aromatic amines is 1. The molecule has 2 aromatic rings. The number of para-hydroxylation sites is 1. The molecule has 8 nitrogen and oxygen atoms in total. The van der Waals surface area contributed by atoms with Gasteiger partial charge in [0.2, 0.25) is 11.8 Å². The highest BCUT2D eigenvalue weighted by Gasteiger charge is 2.33. The highest BCUT2D eigenvalue weighted by molar-refractivity contribution is 6.35.